The van der Waals surface area contributed by atoms with E-state index in [1.807, 2.05) is 17.0 Å². The van der Waals surface area contributed by atoms with Crippen molar-refractivity contribution in [3.05, 3.63) is 64.8 Å². The Labute approximate surface area is 204 Å². The molecule has 180 valence electrons. The van der Waals surface area contributed by atoms with Gasteiger partial charge >= 0.3 is 0 Å². The van der Waals surface area contributed by atoms with Gasteiger partial charge in [-0.15, -0.1) is 0 Å². The average molecular weight is 485 g/mol. The third kappa shape index (κ3) is 7.03. The lowest BCUT2D eigenvalue weighted by molar-refractivity contribution is -0.198. The van der Waals surface area contributed by atoms with Crippen LogP contribution in [0, 0.1) is 0 Å². The van der Waals surface area contributed by atoms with E-state index in [1.54, 1.807) is 36.5 Å². The number of halogens is 1. The number of piperidine rings is 1. The molecule has 8 nitrogen and oxygen atoms in total. The van der Waals surface area contributed by atoms with Gasteiger partial charge in [0.05, 0.1) is 0 Å². The van der Waals surface area contributed by atoms with E-state index in [0.29, 0.717) is 23.7 Å². The fourth-order valence-electron chi connectivity index (χ4n) is 3.99. The zero-order chi connectivity index (χ0) is 23.8. The molecule has 9 heteroatoms. The minimum Gasteiger partial charge on any atom is -0.366 e. The molecular formula is C25H29ClN4O4. The van der Waals surface area contributed by atoms with Gasteiger partial charge in [-0.25, -0.2) is 15.3 Å². The van der Waals surface area contributed by atoms with Crippen LogP contribution in [-0.4, -0.2) is 53.7 Å². The van der Waals surface area contributed by atoms with Crippen LogP contribution in [0.5, 0.6) is 0 Å². The highest BCUT2D eigenvalue weighted by Gasteiger charge is 2.24. The Kier molecular flexibility index (Phi) is 8.51. The molecule has 2 aromatic rings. The molecule has 0 spiro atoms. The third-order valence-electron chi connectivity index (χ3n) is 5.79. The zero-order valence-electron chi connectivity index (χ0n) is 18.9. The molecule has 1 aromatic carbocycles. The Morgan fingerprint density at radius 1 is 1.12 bits per heavy atom. The number of pyridine rings is 1. The quantitative estimate of drug-likeness (QED) is 0.455. The molecule has 0 radical (unpaired) electrons. The monoisotopic (exact) mass is 484 g/mol. The van der Waals surface area contributed by atoms with Crippen molar-refractivity contribution >= 4 is 35.3 Å². The number of benzene rings is 1. The first-order valence-electron chi connectivity index (χ1n) is 11.6. The Morgan fingerprint density at radius 3 is 2.71 bits per heavy atom. The maximum atomic E-state index is 12.8. The largest absolute Gasteiger partial charge is 0.366 e. The summed E-state index contributed by atoms with van der Waals surface area (Å²) in [5.74, 6) is 0.378. The van der Waals surface area contributed by atoms with Crippen LogP contribution in [0.1, 0.15) is 48.0 Å². The van der Waals surface area contributed by atoms with Gasteiger partial charge in [0, 0.05) is 55.0 Å². The molecule has 2 amide bonds. The summed E-state index contributed by atoms with van der Waals surface area (Å²) < 4.78 is 5.41. The van der Waals surface area contributed by atoms with Gasteiger partial charge in [0.25, 0.3) is 11.8 Å². The maximum absolute atomic E-state index is 12.8. The number of rotatable bonds is 7. The number of nitrogens with zero attached hydrogens (tertiary/aromatic N) is 2. The number of ether oxygens (including phenoxy) is 1. The van der Waals surface area contributed by atoms with Gasteiger partial charge < -0.3 is 15.0 Å². The molecule has 2 aliphatic heterocycles. The summed E-state index contributed by atoms with van der Waals surface area (Å²) in [6.07, 6.45) is 9.08. The second-order valence-corrected chi connectivity index (χ2v) is 8.87. The van der Waals surface area contributed by atoms with Crippen LogP contribution in [-0.2, 0) is 14.4 Å². The van der Waals surface area contributed by atoms with Gasteiger partial charge in [0.2, 0.25) is 0 Å². The number of amides is 2. The van der Waals surface area contributed by atoms with Crippen LogP contribution in [0.4, 0.5) is 5.82 Å². The Hall–Kier alpha value is -2.94. The summed E-state index contributed by atoms with van der Waals surface area (Å²) in [7, 11) is 0. The van der Waals surface area contributed by atoms with E-state index in [1.165, 1.54) is 6.08 Å². The molecule has 0 aliphatic carbocycles. The highest BCUT2D eigenvalue weighted by molar-refractivity contribution is 6.30. The smallest absolute Gasteiger partial charge is 0.267 e. The fraction of sp³-hybridized carbons (Fsp3) is 0.400. The summed E-state index contributed by atoms with van der Waals surface area (Å²) in [4.78, 5) is 36.3. The summed E-state index contributed by atoms with van der Waals surface area (Å²) in [6.45, 7) is 1.99. The number of aromatic nitrogens is 1. The lowest BCUT2D eigenvalue weighted by atomic mass is 10.0. The standard InChI is InChI=1S/C25H29ClN4O4/c26-20-10-8-19(9-11-20)25(32)30-14-3-4-21(17-30)28-22-12-6-18(16-27-22)7-13-23(31)29-34-24-5-1-2-15-33-24/h6-13,16,21,24H,1-5,14-15,17H2,(H,27,28)(H,29,31)/b13-7+/t21-,24?/m1/s1. The van der Waals surface area contributed by atoms with E-state index in [0.717, 1.165) is 50.0 Å². The molecule has 4 rings (SSSR count). The minimum atomic E-state index is -0.379. The van der Waals surface area contributed by atoms with Crippen molar-refractivity contribution in [2.24, 2.45) is 0 Å². The predicted molar refractivity (Wildman–Crippen MR) is 130 cm³/mol. The summed E-state index contributed by atoms with van der Waals surface area (Å²) in [5.41, 5.74) is 3.82. The van der Waals surface area contributed by atoms with Crippen LogP contribution < -0.4 is 10.8 Å². The molecule has 2 atom stereocenters. The molecule has 2 saturated heterocycles. The number of hydroxylamine groups is 1. The first kappa shape index (κ1) is 24.2. The van der Waals surface area contributed by atoms with E-state index >= 15 is 0 Å². The summed E-state index contributed by atoms with van der Waals surface area (Å²) in [5, 5.41) is 4.02. The van der Waals surface area contributed by atoms with Crippen LogP contribution >= 0.6 is 11.6 Å². The molecule has 0 bridgehead atoms. The average Bonchev–Trinajstić information content (AvgIpc) is 2.88. The van der Waals surface area contributed by atoms with E-state index < -0.39 is 0 Å². The predicted octanol–water partition coefficient (Wildman–Crippen LogP) is 4.04. The van der Waals surface area contributed by atoms with Crippen molar-refractivity contribution in [1.82, 2.24) is 15.4 Å². The van der Waals surface area contributed by atoms with Crippen molar-refractivity contribution in [3.8, 4) is 0 Å². The van der Waals surface area contributed by atoms with Crippen LogP contribution in [0.25, 0.3) is 6.08 Å². The first-order chi connectivity index (χ1) is 16.6. The van der Waals surface area contributed by atoms with Crippen molar-refractivity contribution in [2.45, 2.75) is 44.4 Å². The minimum absolute atomic E-state index is 0.00826. The number of likely N-dealkylation sites (tertiary alicyclic amines) is 1. The fourth-order valence-corrected chi connectivity index (χ4v) is 4.11. The van der Waals surface area contributed by atoms with Gasteiger partial charge in [0.15, 0.2) is 6.29 Å². The summed E-state index contributed by atoms with van der Waals surface area (Å²) >= 11 is 5.93. The molecule has 1 unspecified atom stereocenters. The van der Waals surface area contributed by atoms with Crippen LogP contribution in [0.3, 0.4) is 0 Å². The van der Waals surface area contributed by atoms with Gasteiger partial charge in [-0.3, -0.25) is 9.59 Å². The number of hydrogen-bond donors (Lipinski definition) is 2. The van der Waals surface area contributed by atoms with Gasteiger partial charge in [0.1, 0.15) is 5.82 Å². The van der Waals surface area contributed by atoms with E-state index in [2.05, 4.69) is 15.8 Å². The van der Waals surface area contributed by atoms with Crippen LogP contribution in [0.15, 0.2) is 48.7 Å². The Morgan fingerprint density at radius 2 is 1.97 bits per heavy atom. The van der Waals surface area contributed by atoms with Crippen molar-refractivity contribution in [2.75, 3.05) is 25.0 Å². The molecule has 3 heterocycles. The molecule has 2 aliphatic rings. The molecule has 0 saturated carbocycles. The van der Waals surface area contributed by atoms with Gasteiger partial charge in [-0.05, 0) is 73.7 Å². The molecule has 34 heavy (non-hydrogen) atoms. The lowest BCUT2D eigenvalue weighted by Gasteiger charge is -2.33. The number of anilines is 1. The van der Waals surface area contributed by atoms with Crippen LogP contribution in [0.2, 0.25) is 5.02 Å². The van der Waals surface area contributed by atoms with Gasteiger partial charge in [-0.1, -0.05) is 11.6 Å². The zero-order valence-corrected chi connectivity index (χ0v) is 19.7. The third-order valence-corrected chi connectivity index (χ3v) is 6.05. The number of carbonyl (C=O) groups excluding carboxylic acids is 2. The first-order valence-corrected chi connectivity index (χ1v) is 12.0. The Bertz CT molecular complexity index is 991. The number of hydrogen-bond acceptors (Lipinski definition) is 6. The molecule has 2 N–H and O–H groups in total. The highest BCUT2D eigenvalue weighted by Crippen LogP contribution is 2.19. The number of nitrogens with one attached hydrogen (secondary N) is 2. The SMILES string of the molecule is O=C(/C=C/c1ccc(N[C@@H]2CCCN(C(=O)c3ccc(Cl)cc3)C2)nc1)NOC1CCCCO1. The second-order valence-electron chi connectivity index (χ2n) is 8.43. The van der Waals surface area contributed by atoms with Crippen molar-refractivity contribution in [1.29, 1.82) is 0 Å². The van der Waals surface area contributed by atoms with E-state index in [9.17, 15) is 9.59 Å². The van der Waals surface area contributed by atoms with Crippen molar-refractivity contribution < 1.29 is 19.2 Å². The molecular weight excluding hydrogens is 456 g/mol. The maximum Gasteiger partial charge on any atom is 0.267 e. The molecule has 2 fully saturated rings. The number of carbonyl (C=O) groups is 2. The second kappa shape index (κ2) is 12.0. The molecule has 1 aromatic heterocycles. The normalized spacial score (nSPS) is 20.8. The topological polar surface area (TPSA) is 92.8 Å². The van der Waals surface area contributed by atoms with E-state index in [-0.39, 0.29) is 24.1 Å². The van der Waals surface area contributed by atoms with E-state index in [4.69, 9.17) is 21.2 Å². The Balaban J connectivity index is 1.24. The highest BCUT2D eigenvalue weighted by atomic mass is 35.5. The van der Waals surface area contributed by atoms with Gasteiger partial charge in [-0.2, -0.15) is 0 Å². The lowest BCUT2D eigenvalue weighted by Crippen LogP contribution is -2.45. The summed E-state index contributed by atoms with van der Waals surface area (Å²) in [6, 6.07) is 10.8. The van der Waals surface area contributed by atoms with Crippen molar-refractivity contribution in [3.63, 3.8) is 0 Å².